The highest BCUT2D eigenvalue weighted by Gasteiger charge is 2.13. The lowest BCUT2D eigenvalue weighted by Gasteiger charge is -2.12. The molecule has 10 nitrogen and oxygen atoms in total. The number of pyridine rings is 2. The number of carbonyl (C=O) groups is 2. The molecule has 0 fully saturated rings. The maximum absolute atomic E-state index is 12.9. The average Bonchev–Trinajstić information content (AvgIpc) is 3.17. The first kappa shape index (κ1) is 20.8. The second-order valence-electron chi connectivity index (χ2n) is 7.04. The van der Waals surface area contributed by atoms with Gasteiger partial charge in [0.05, 0.1) is 11.1 Å². The quantitative estimate of drug-likeness (QED) is 0.373. The normalized spacial score (nSPS) is 10.6. The Morgan fingerprint density at radius 1 is 1.03 bits per heavy atom. The number of amides is 3. The largest absolute Gasteiger partial charge is 0.365 e. The minimum Gasteiger partial charge on any atom is -0.365 e. The molecule has 4 rings (SSSR count). The van der Waals surface area contributed by atoms with Crippen LogP contribution in [0.4, 0.5) is 22.1 Å². The number of carbonyl (C=O) groups excluding carboxylic acids is 2. The Kier molecular flexibility index (Phi) is 5.93. The molecule has 0 radical (unpaired) electrons. The van der Waals surface area contributed by atoms with Crippen LogP contribution < -0.4 is 21.3 Å². The summed E-state index contributed by atoms with van der Waals surface area (Å²) in [6.07, 6.45) is 5.13. The Morgan fingerprint density at radius 3 is 2.75 bits per heavy atom. The van der Waals surface area contributed by atoms with E-state index in [1.807, 2.05) is 37.5 Å². The van der Waals surface area contributed by atoms with Crippen molar-refractivity contribution in [3.63, 3.8) is 0 Å². The van der Waals surface area contributed by atoms with Gasteiger partial charge in [0.1, 0.15) is 11.6 Å². The lowest BCUT2D eigenvalue weighted by molar-refractivity contribution is 0.102. The molecule has 0 aliphatic carbocycles. The number of hydrogen-bond acceptors (Lipinski definition) is 6. The van der Waals surface area contributed by atoms with Crippen LogP contribution in [0.3, 0.4) is 0 Å². The number of aryl methyl sites for hydroxylation is 1. The van der Waals surface area contributed by atoms with Crippen molar-refractivity contribution in [3.8, 4) is 0 Å². The summed E-state index contributed by atoms with van der Waals surface area (Å²) in [5.41, 5.74) is 2.72. The van der Waals surface area contributed by atoms with Gasteiger partial charge in [-0.2, -0.15) is 5.10 Å². The molecule has 3 amide bonds. The van der Waals surface area contributed by atoms with E-state index < -0.39 is 0 Å². The average molecular weight is 430 g/mol. The molecule has 0 bridgehead atoms. The Bertz CT molecular complexity index is 1280. The van der Waals surface area contributed by atoms with E-state index in [-0.39, 0.29) is 11.9 Å². The highest BCUT2D eigenvalue weighted by atomic mass is 16.2. The van der Waals surface area contributed by atoms with Gasteiger partial charge in [-0.1, -0.05) is 0 Å². The van der Waals surface area contributed by atoms with E-state index in [1.165, 1.54) is 7.05 Å². The summed E-state index contributed by atoms with van der Waals surface area (Å²) in [7, 11) is 3.38. The third kappa shape index (κ3) is 4.81. The van der Waals surface area contributed by atoms with Gasteiger partial charge in [0, 0.05) is 50.3 Å². The Labute approximate surface area is 184 Å². The zero-order valence-corrected chi connectivity index (χ0v) is 17.6. The lowest BCUT2D eigenvalue weighted by Crippen LogP contribution is -2.25. The Hall–Kier alpha value is -4.47. The topological polar surface area (TPSA) is 126 Å². The highest BCUT2D eigenvalue weighted by molar-refractivity contribution is 6.08. The Balaban J connectivity index is 1.47. The lowest BCUT2D eigenvalue weighted by atomic mass is 10.2. The number of aromatic nitrogens is 4. The fraction of sp³-hybridized carbons (Fsp3) is 0.136. The van der Waals surface area contributed by atoms with Gasteiger partial charge >= 0.3 is 6.03 Å². The molecule has 0 aliphatic heterocycles. The van der Waals surface area contributed by atoms with Crippen LogP contribution >= 0.6 is 0 Å². The van der Waals surface area contributed by atoms with E-state index in [0.29, 0.717) is 29.4 Å². The fourth-order valence-corrected chi connectivity index (χ4v) is 3.16. The van der Waals surface area contributed by atoms with Crippen molar-refractivity contribution in [2.75, 3.05) is 23.0 Å². The van der Waals surface area contributed by atoms with Crippen molar-refractivity contribution in [3.05, 3.63) is 72.2 Å². The molecule has 0 saturated carbocycles. The number of nitrogens with zero attached hydrogens (tertiary/aromatic N) is 4. The molecular formula is C22H22N8O2. The van der Waals surface area contributed by atoms with Crippen molar-refractivity contribution in [2.24, 2.45) is 7.05 Å². The smallest absolute Gasteiger partial charge is 0.320 e. The molecule has 4 aromatic rings. The zero-order chi connectivity index (χ0) is 22.5. The van der Waals surface area contributed by atoms with Crippen LogP contribution in [0.15, 0.2) is 61.1 Å². The van der Waals surface area contributed by atoms with Crippen LogP contribution in [-0.2, 0) is 13.6 Å². The predicted molar refractivity (Wildman–Crippen MR) is 123 cm³/mol. The van der Waals surface area contributed by atoms with Crippen molar-refractivity contribution < 1.29 is 9.59 Å². The molecular weight excluding hydrogens is 408 g/mol. The molecule has 0 aliphatic rings. The third-order valence-corrected chi connectivity index (χ3v) is 4.69. The van der Waals surface area contributed by atoms with E-state index in [0.717, 1.165) is 16.5 Å². The maximum Gasteiger partial charge on any atom is 0.320 e. The number of urea groups is 1. The number of anilines is 3. The number of rotatable bonds is 6. The molecule has 0 unspecified atom stereocenters. The van der Waals surface area contributed by atoms with Crippen molar-refractivity contribution in [2.45, 2.75) is 6.54 Å². The van der Waals surface area contributed by atoms with Crippen LogP contribution in [0.25, 0.3) is 10.9 Å². The van der Waals surface area contributed by atoms with Gasteiger partial charge in [-0.25, -0.2) is 14.8 Å². The van der Waals surface area contributed by atoms with Gasteiger partial charge in [-0.3, -0.25) is 14.8 Å². The van der Waals surface area contributed by atoms with Gasteiger partial charge in [-0.15, -0.1) is 0 Å². The number of benzene rings is 1. The molecule has 3 heterocycles. The molecule has 32 heavy (non-hydrogen) atoms. The number of nitrogens with one attached hydrogen (secondary N) is 4. The van der Waals surface area contributed by atoms with Gasteiger partial charge in [0.15, 0.2) is 0 Å². The van der Waals surface area contributed by atoms with Crippen LogP contribution in [0, 0.1) is 0 Å². The van der Waals surface area contributed by atoms with Crippen LogP contribution in [0.1, 0.15) is 15.9 Å². The van der Waals surface area contributed by atoms with Gasteiger partial charge in [0.25, 0.3) is 5.91 Å². The number of hydrogen-bond donors (Lipinski definition) is 4. The highest BCUT2D eigenvalue weighted by Crippen LogP contribution is 2.20. The minimum absolute atomic E-state index is 0.285. The summed E-state index contributed by atoms with van der Waals surface area (Å²) < 4.78 is 1.73. The fourth-order valence-electron chi connectivity index (χ4n) is 3.16. The van der Waals surface area contributed by atoms with Crippen LogP contribution in [0.5, 0.6) is 0 Å². The standard InChI is InChI=1S/C22H22N8O2/c1-23-22(32)28-19-10-14(7-9-24-19)12-26-20-17(4-3-8-25-20)21(31)27-16-6-5-15-13-30(2)29-18(15)11-16/h3-11,13H,12H2,1-2H3,(H,25,26)(H,27,31)(H2,23,24,28,32). The van der Waals surface area contributed by atoms with E-state index in [1.54, 1.807) is 35.3 Å². The summed E-state index contributed by atoms with van der Waals surface area (Å²) in [6.45, 7) is 0.391. The molecule has 0 saturated heterocycles. The molecule has 162 valence electrons. The second-order valence-corrected chi connectivity index (χ2v) is 7.04. The molecule has 1 aromatic carbocycles. The van der Waals surface area contributed by atoms with Gasteiger partial charge < -0.3 is 16.0 Å². The summed E-state index contributed by atoms with van der Waals surface area (Å²) >= 11 is 0. The van der Waals surface area contributed by atoms with E-state index >= 15 is 0 Å². The van der Waals surface area contributed by atoms with Crippen LogP contribution in [0.2, 0.25) is 0 Å². The summed E-state index contributed by atoms with van der Waals surface area (Å²) in [4.78, 5) is 32.8. The molecule has 3 aromatic heterocycles. The van der Waals surface area contributed by atoms with Crippen LogP contribution in [-0.4, -0.2) is 38.7 Å². The van der Waals surface area contributed by atoms with E-state index in [4.69, 9.17) is 0 Å². The van der Waals surface area contributed by atoms with E-state index in [2.05, 4.69) is 36.3 Å². The Morgan fingerprint density at radius 2 is 1.91 bits per heavy atom. The van der Waals surface area contributed by atoms with Gasteiger partial charge in [0.2, 0.25) is 0 Å². The molecule has 0 spiro atoms. The molecule has 10 heteroatoms. The van der Waals surface area contributed by atoms with Crippen molar-refractivity contribution in [1.82, 2.24) is 25.1 Å². The van der Waals surface area contributed by atoms with Crippen molar-refractivity contribution in [1.29, 1.82) is 0 Å². The zero-order valence-electron chi connectivity index (χ0n) is 17.6. The van der Waals surface area contributed by atoms with E-state index in [9.17, 15) is 9.59 Å². The first-order valence-corrected chi connectivity index (χ1v) is 9.89. The first-order chi connectivity index (χ1) is 15.5. The number of fused-ring (bicyclic) bond motifs is 1. The SMILES string of the molecule is CNC(=O)Nc1cc(CNc2ncccc2C(=O)Nc2ccc3cn(C)nc3c2)ccn1. The first-order valence-electron chi connectivity index (χ1n) is 9.89. The maximum atomic E-state index is 12.9. The monoisotopic (exact) mass is 430 g/mol. The molecule has 4 N–H and O–H groups in total. The summed E-state index contributed by atoms with van der Waals surface area (Å²) in [5, 5.41) is 16.6. The summed E-state index contributed by atoms with van der Waals surface area (Å²) in [5.74, 6) is 0.585. The predicted octanol–water partition coefficient (Wildman–Crippen LogP) is 2.98. The van der Waals surface area contributed by atoms with Gasteiger partial charge in [-0.05, 0) is 48.0 Å². The molecule has 0 atom stereocenters. The minimum atomic E-state index is -0.352. The summed E-state index contributed by atoms with van der Waals surface area (Å²) in [6, 6.07) is 12.2. The third-order valence-electron chi connectivity index (χ3n) is 4.69. The van der Waals surface area contributed by atoms with Crippen molar-refractivity contribution >= 4 is 40.2 Å². The second kappa shape index (κ2) is 9.13.